The molecular weight excluding hydrogens is 292 g/mol. The number of nitrogens with one attached hydrogen (secondary N) is 1. The number of nitrogens with two attached hydrogens (primary N) is 1. The summed E-state index contributed by atoms with van der Waals surface area (Å²) in [7, 11) is 3.76. The lowest BCUT2D eigenvalue weighted by Crippen LogP contribution is -2.45. The smallest absolute Gasteiger partial charge is 0.159 e. The zero-order valence-corrected chi connectivity index (χ0v) is 13.5. The third-order valence-electron chi connectivity index (χ3n) is 4.03. The van der Waals surface area contributed by atoms with Crippen molar-refractivity contribution in [3.63, 3.8) is 0 Å². The van der Waals surface area contributed by atoms with E-state index < -0.39 is 0 Å². The molecule has 0 radical (unpaired) electrons. The molecule has 1 aliphatic heterocycles. The van der Waals surface area contributed by atoms with Gasteiger partial charge in [-0.15, -0.1) is 0 Å². The molecule has 1 fully saturated rings. The number of ether oxygens (including phenoxy) is 1. The van der Waals surface area contributed by atoms with Crippen molar-refractivity contribution in [2.75, 3.05) is 56.3 Å². The third-order valence-corrected chi connectivity index (χ3v) is 4.03. The predicted octanol–water partition coefficient (Wildman–Crippen LogP) is 1.56. The number of likely N-dealkylation sites (N-methyl/N-ethyl adjacent to an activating group) is 1. The van der Waals surface area contributed by atoms with Crippen molar-refractivity contribution in [2.45, 2.75) is 0 Å². The molecule has 3 N–H and O–H groups in total. The Labute approximate surface area is 136 Å². The van der Waals surface area contributed by atoms with Gasteiger partial charge < -0.3 is 25.6 Å². The van der Waals surface area contributed by atoms with E-state index >= 15 is 0 Å². The Morgan fingerprint density at radius 2 is 1.87 bits per heavy atom. The number of para-hydroxylation sites is 2. The highest BCUT2D eigenvalue weighted by Gasteiger charge is 2.19. The normalized spacial score (nSPS) is 15.5. The van der Waals surface area contributed by atoms with Crippen LogP contribution in [0.3, 0.4) is 0 Å². The number of anilines is 4. The number of nitrogen functional groups attached to an aromatic ring is 1. The molecule has 0 saturated carbocycles. The minimum absolute atomic E-state index is 0.558. The van der Waals surface area contributed by atoms with Crippen LogP contribution in [0.5, 0.6) is 5.75 Å². The van der Waals surface area contributed by atoms with Crippen LogP contribution in [0.4, 0.5) is 23.0 Å². The number of methoxy groups -OCH3 is 1. The van der Waals surface area contributed by atoms with Crippen LogP contribution in [0.2, 0.25) is 0 Å². The quantitative estimate of drug-likeness (QED) is 0.886. The van der Waals surface area contributed by atoms with E-state index in [0.29, 0.717) is 11.5 Å². The SMILES string of the molecule is COc1ccccc1Nc1ncnc(N2CCN(C)CC2)c1N. The second-order valence-corrected chi connectivity index (χ2v) is 5.58. The Hall–Kier alpha value is -2.54. The maximum Gasteiger partial charge on any atom is 0.159 e. The molecule has 3 rings (SSSR count). The van der Waals surface area contributed by atoms with Gasteiger partial charge in [0.05, 0.1) is 12.8 Å². The van der Waals surface area contributed by atoms with Crippen LogP contribution < -0.4 is 20.7 Å². The molecule has 2 aromatic rings. The van der Waals surface area contributed by atoms with Crippen molar-refractivity contribution >= 4 is 23.0 Å². The van der Waals surface area contributed by atoms with Gasteiger partial charge in [0.25, 0.3) is 0 Å². The monoisotopic (exact) mass is 314 g/mol. The molecule has 0 bridgehead atoms. The van der Waals surface area contributed by atoms with Crippen molar-refractivity contribution in [3.8, 4) is 5.75 Å². The van der Waals surface area contributed by atoms with Crippen molar-refractivity contribution < 1.29 is 4.74 Å². The fourth-order valence-corrected chi connectivity index (χ4v) is 2.63. The molecule has 7 nitrogen and oxygen atoms in total. The molecule has 0 amide bonds. The van der Waals surface area contributed by atoms with E-state index in [4.69, 9.17) is 10.5 Å². The first-order valence-corrected chi connectivity index (χ1v) is 7.63. The molecule has 0 unspecified atom stereocenters. The lowest BCUT2D eigenvalue weighted by Gasteiger charge is -2.33. The minimum atomic E-state index is 0.558. The summed E-state index contributed by atoms with van der Waals surface area (Å²) in [6.45, 7) is 3.81. The second kappa shape index (κ2) is 6.70. The average molecular weight is 314 g/mol. The number of hydrogen-bond acceptors (Lipinski definition) is 7. The Balaban J connectivity index is 1.85. The van der Waals surface area contributed by atoms with Gasteiger partial charge in [-0.25, -0.2) is 9.97 Å². The molecule has 2 heterocycles. The molecular formula is C16H22N6O. The number of nitrogens with zero attached hydrogens (tertiary/aromatic N) is 4. The summed E-state index contributed by atoms with van der Waals surface area (Å²) >= 11 is 0. The Bertz CT molecular complexity index is 669. The average Bonchev–Trinajstić information content (AvgIpc) is 2.58. The van der Waals surface area contributed by atoms with E-state index in [1.54, 1.807) is 13.4 Å². The highest BCUT2D eigenvalue weighted by Crippen LogP contribution is 2.32. The molecule has 1 saturated heterocycles. The van der Waals surface area contributed by atoms with E-state index in [1.807, 2.05) is 24.3 Å². The Morgan fingerprint density at radius 1 is 1.13 bits per heavy atom. The van der Waals surface area contributed by atoms with Gasteiger partial charge in [-0.1, -0.05) is 12.1 Å². The first kappa shape index (κ1) is 15.4. The number of aromatic nitrogens is 2. The largest absolute Gasteiger partial charge is 0.495 e. The van der Waals surface area contributed by atoms with Crippen molar-refractivity contribution in [3.05, 3.63) is 30.6 Å². The predicted molar refractivity (Wildman–Crippen MR) is 92.4 cm³/mol. The lowest BCUT2D eigenvalue weighted by atomic mass is 10.2. The van der Waals surface area contributed by atoms with Crippen LogP contribution in [-0.4, -0.2) is 55.2 Å². The molecule has 7 heteroatoms. The van der Waals surface area contributed by atoms with Crippen LogP contribution >= 0.6 is 0 Å². The maximum absolute atomic E-state index is 6.30. The van der Waals surface area contributed by atoms with Gasteiger partial charge in [-0.2, -0.15) is 0 Å². The van der Waals surface area contributed by atoms with Gasteiger partial charge in [0.15, 0.2) is 11.6 Å². The molecule has 1 aromatic heterocycles. The number of hydrogen-bond donors (Lipinski definition) is 2. The summed E-state index contributed by atoms with van der Waals surface area (Å²) in [4.78, 5) is 13.1. The zero-order chi connectivity index (χ0) is 16.2. The van der Waals surface area contributed by atoms with Crippen LogP contribution in [-0.2, 0) is 0 Å². The standard InChI is InChI=1S/C16H22N6O/c1-21-7-9-22(10-8-21)16-14(17)15(18-11-19-16)20-12-5-3-4-6-13(12)23-2/h3-6,11H,7-10,17H2,1-2H3,(H,18,19,20). The molecule has 122 valence electrons. The number of piperazine rings is 1. The zero-order valence-electron chi connectivity index (χ0n) is 13.5. The van der Waals surface area contributed by atoms with E-state index in [-0.39, 0.29) is 0 Å². The van der Waals surface area contributed by atoms with Crippen molar-refractivity contribution in [2.24, 2.45) is 0 Å². The van der Waals surface area contributed by atoms with E-state index in [2.05, 4.69) is 32.1 Å². The maximum atomic E-state index is 6.30. The van der Waals surface area contributed by atoms with Crippen LogP contribution in [0, 0.1) is 0 Å². The van der Waals surface area contributed by atoms with Gasteiger partial charge in [0, 0.05) is 26.2 Å². The van der Waals surface area contributed by atoms with Gasteiger partial charge in [0.1, 0.15) is 17.8 Å². The molecule has 0 spiro atoms. The van der Waals surface area contributed by atoms with Crippen molar-refractivity contribution in [1.29, 1.82) is 0 Å². The van der Waals surface area contributed by atoms with E-state index in [9.17, 15) is 0 Å². The van der Waals surface area contributed by atoms with Gasteiger partial charge in [-0.3, -0.25) is 0 Å². The molecule has 23 heavy (non-hydrogen) atoms. The summed E-state index contributed by atoms with van der Waals surface area (Å²) in [5.41, 5.74) is 7.69. The highest BCUT2D eigenvalue weighted by atomic mass is 16.5. The number of rotatable bonds is 4. The van der Waals surface area contributed by atoms with Crippen molar-refractivity contribution in [1.82, 2.24) is 14.9 Å². The first-order valence-electron chi connectivity index (χ1n) is 7.63. The minimum Gasteiger partial charge on any atom is -0.495 e. The summed E-state index contributed by atoms with van der Waals surface area (Å²) in [5.74, 6) is 2.12. The first-order chi connectivity index (χ1) is 11.2. The second-order valence-electron chi connectivity index (χ2n) is 5.58. The van der Waals surface area contributed by atoms with E-state index in [0.717, 1.165) is 43.4 Å². The topological polar surface area (TPSA) is 79.5 Å². The summed E-state index contributed by atoms with van der Waals surface area (Å²) in [5, 5.41) is 3.24. The summed E-state index contributed by atoms with van der Waals surface area (Å²) < 4.78 is 5.35. The molecule has 1 aliphatic rings. The third kappa shape index (κ3) is 3.29. The molecule has 0 atom stereocenters. The summed E-state index contributed by atoms with van der Waals surface area (Å²) in [6.07, 6.45) is 1.54. The van der Waals surface area contributed by atoms with Gasteiger partial charge >= 0.3 is 0 Å². The van der Waals surface area contributed by atoms with Crippen LogP contribution in [0.25, 0.3) is 0 Å². The fourth-order valence-electron chi connectivity index (χ4n) is 2.63. The van der Waals surface area contributed by atoms with Crippen LogP contribution in [0.15, 0.2) is 30.6 Å². The number of benzene rings is 1. The summed E-state index contributed by atoms with van der Waals surface area (Å²) in [6, 6.07) is 7.67. The molecule has 1 aromatic carbocycles. The Morgan fingerprint density at radius 3 is 2.61 bits per heavy atom. The van der Waals surface area contributed by atoms with Gasteiger partial charge in [0.2, 0.25) is 0 Å². The lowest BCUT2D eigenvalue weighted by molar-refractivity contribution is 0.312. The van der Waals surface area contributed by atoms with E-state index in [1.165, 1.54) is 0 Å². The fraction of sp³-hybridized carbons (Fsp3) is 0.375. The highest BCUT2D eigenvalue weighted by molar-refractivity contribution is 5.79. The van der Waals surface area contributed by atoms with Gasteiger partial charge in [-0.05, 0) is 19.2 Å². The molecule has 0 aliphatic carbocycles. The van der Waals surface area contributed by atoms with Crippen LogP contribution in [0.1, 0.15) is 0 Å². The Kier molecular flexibility index (Phi) is 4.47.